The molecule has 3 nitrogen and oxygen atoms in total. The van der Waals surface area contributed by atoms with Gasteiger partial charge in [-0.05, 0) is 31.9 Å². The van der Waals surface area contributed by atoms with Gasteiger partial charge in [-0.2, -0.15) is 0 Å². The summed E-state index contributed by atoms with van der Waals surface area (Å²) in [7, 11) is 0. The monoisotopic (exact) mass is 245 g/mol. The molecule has 0 fully saturated rings. The summed E-state index contributed by atoms with van der Waals surface area (Å²) in [5.41, 5.74) is 9.48. The fourth-order valence-corrected chi connectivity index (χ4v) is 2.56. The Morgan fingerprint density at radius 2 is 2.11 bits per heavy atom. The number of nitrogens with two attached hydrogens (primary N) is 1. The molecule has 0 saturated heterocycles. The van der Waals surface area contributed by atoms with E-state index in [-0.39, 0.29) is 0 Å². The van der Waals surface area contributed by atoms with Crippen LogP contribution >= 0.6 is 0 Å². The molecule has 0 aliphatic rings. The van der Waals surface area contributed by atoms with Crippen LogP contribution in [-0.2, 0) is 0 Å². The topological polar surface area (TPSA) is 43.8 Å². The van der Waals surface area contributed by atoms with Crippen molar-refractivity contribution in [3.63, 3.8) is 0 Å². The largest absolute Gasteiger partial charge is 0.369 e. The Kier molecular flexibility index (Phi) is 3.90. The van der Waals surface area contributed by atoms with Gasteiger partial charge in [0.15, 0.2) is 0 Å². The van der Waals surface area contributed by atoms with Gasteiger partial charge in [-0.1, -0.05) is 38.3 Å². The van der Waals surface area contributed by atoms with Crippen molar-refractivity contribution in [2.24, 2.45) is 0 Å². The van der Waals surface area contributed by atoms with Crippen LogP contribution in [0, 0.1) is 6.92 Å². The number of para-hydroxylation sites is 1. The van der Waals surface area contributed by atoms with Crippen LogP contribution in [0.5, 0.6) is 0 Å². The fourth-order valence-electron chi connectivity index (χ4n) is 2.56. The maximum Gasteiger partial charge on any atom is 0.201 e. The lowest BCUT2D eigenvalue weighted by molar-refractivity contribution is 0.492. The third-order valence-electron chi connectivity index (χ3n) is 3.62. The third-order valence-corrected chi connectivity index (χ3v) is 3.62. The van der Waals surface area contributed by atoms with E-state index in [1.54, 1.807) is 0 Å². The van der Waals surface area contributed by atoms with E-state index < -0.39 is 0 Å². The Hall–Kier alpha value is -1.51. The lowest BCUT2D eigenvalue weighted by Gasteiger charge is -2.15. The molecule has 1 heterocycles. The van der Waals surface area contributed by atoms with Crippen molar-refractivity contribution in [2.75, 3.05) is 5.73 Å². The van der Waals surface area contributed by atoms with Crippen molar-refractivity contribution in [2.45, 2.75) is 52.5 Å². The van der Waals surface area contributed by atoms with Crippen molar-refractivity contribution in [3.05, 3.63) is 23.8 Å². The van der Waals surface area contributed by atoms with Crippen LogP contribution in [0.15, 0.2) is 18.2 Å². The van der Waals surface area contributed by atoms with Crippen molar-refractivity contribution in [3.8, 4) is 0 Å². The minimum atomic E-state index is 0.420. The molecular weight excluding hydrogens is 222 g/mol. The zero-order chi connectivity index (χ0) is 13.1. The van der Waals surface area contributed by atoms with Crippen molar-refractivity contribution in [1.29, 1.82) is 0 Å². The predicted octanol–water partition coefficient (Wildman–Crippen LogP) is 4.07. The highest BCUT2D eigenvalue weighted by Crippen LogP contribution is 2.27. The molecule has 1 aromatic heterocycles. The Balaban J connectivity index is 2.32. The van der Waals surface area contributed by atoms with Gasteiger partial charge in [-0.25, -0.2) is 4.98 Å². The number of nitrogens with zero attached hydrogens (tertiary/aromatic N) is 2. The van der Waals surface area contributed by atoms with Crippen LogP contribution in [-0.4, -0.2) is 9.55 Å². The first-order chi connectivity index (χ1) is 8.65. The SMILES string of the molecule is CCCCCC(C)n1c(N)nc2c(C)cccc21. The molecule has 2 rings (SSSR count). The van der Waals surface area contributed by atoms with E-state index in [2.05, 4.69) is 48.5 Å². The molecule has 0 aliphatic carbocycles. The second kappa shape index (κ2) is 5.42. The molecule has 0 spiro atoms. The van der Waals surface area contributed by atoms with E-state index in [0.717, 1.165) is 17.5 Å². The van der Waals surface area contributed by atoms with Crippen LogP contribution in [0.25, 0.3) is 11.0 Å². The van der Waals surface area contributed by atoms with Crippen LogP contribution in [0.4, 0.5) is 5.95 Å². The Labute approximate surface area is 109 Å². The molecule has 0 aliphatic heterocycles. The molecule has 3 heteroatoms. The Morgan fingerprint density at radius 3 is 2.83 bits per heavy atom. The van der Waals surface area contributed by atoms with Gasteiger partial charge < -0.3 is 10.3 Å². The van der Waals surface area contributed by atoms with E-state index in [4.69, 9.17) is 5.73 Å². The van der Waals surface area contributed by atoms with Gasteiger partial charge in [-0.3, -0.25) is 0 Å². The highest BCUT2D eigenvalue weighted by Gasteiger charge is 2.14. The lowest BCUT2D eigenvalue weighted by Crippen LogP contribution is -2.08. The summed E-state index contributed by atoms with van der Waals surface area (Å²) in [4.78, 5) is 4.50. The van der Waals surface area contributed by atoms with Crippen LogP contribution < -0.4 is 5.73 Å². The highest BCUT2D eigenvalue weighted by atomic mass is 15.2. The van der Waals surface area contributed by atoms with Crippen molar-refractivity contribution in [1.82, 2.24) is 9.55 Å². The fraction of sp³-hybridized carbons (Fsp3) is 0.533. The van der Waals surface area contributed by atoms with Crippen LogP contribution in [0.3, 0.4) is 0 Å². The van der Waals surface area contributed by atoms with Crippen molar-refractivity contribution >= 4 is 17.0 Å². The van der Waals surface area contributed by atoms with Gasteiger partial charge in [0.25, 0.3) is 0 Å². The van der Waals surface area contributed by atoms with E-state index in [9.17, 15) is 0 Å². The van der Waals surface area contributed by atoms with Crippen LogP contribution in [0.2, 0.25) is 0 Å². The molecule has 1 atom stereocenters. The number of imidazole rings is 1. The summed E-state index contributed by atoms with van der Waals surface area (Å²) in [5, 5.41) is 0. The van der Waals surface area contributed by atoms with E-state index in [1.165, 1.54) is 24.8 Å². The summed E-state index contributed by atoms with van der Waals surface area (Å²) in [6, 6.07) is 6.69. The Bertz CT molecular complexity index is 528. The maximum absolute atomic E-state index is 6.08. The summed E-state index contributed by atoms with van der Waals surface area (Å²) in [6.07, 6.45) is 4.96. The number of hydrogen-bond donors (Lipinski definition) is 1. The molecule has 0 saturated carbocycles. The first-order valence-electron chi connectivity index (χ1n) is 6.88. The maximum atomic E-state index is 6.08. The molecule has 18 heavy (non-hydrogen) atoms. The van der Waals surface area contributed by atoms with Gasteiger partial charge in [0.1, 0.15) is 0 Å². The van der Waals surface area contributed by atoms with Gasteiger partial charge in [-0.15, -0.1) is 0 Å². The molecule has 2 N–H and O–H groups in total. The van der Waals surface area contributed by atoms with Crippen LogP contribution in [0.1, 0.15) is 51.1 Å². The number of nitrogen functional groups attached to an aromatic ring is 1. The summed E-state index contributed by atoms with van der Waals surface area (Å²) in [6.45, 7) is 6.55. The van der Waals surface area contributed by atoms with E-state index >= 15 is 0 Å². The smallest absolute Gasteiger partial charge is 0.201 e. The van der Waals surface area contributed by atoms with Crippen molar-refractivity contribution < 1.29 is 0 Å². The Morgan fingerprint density at radius 1 is 1.33 bits per heavy atom. The second-order valence-electron chi connectivity index (χ2n) is 5.13. The first kappa shape index (κ1) is 12.9. The minimum Gasteiger partial charge on any atom is -0.369 e. The normalized spacial score (nSPS) is 13.1. The number of fused-ring (bicyclic) bond motifs is 1. The van der Waals surface area contributed by atoms with Gasteiger partial charge in [0.2, 0.25) is 5.95 Å². The third kappa shape index (κ3) is 2.35. The average molecular weight is 245 g/mol. The van der Waals surface area contributed by atoms with Gasteiger partial charge in [0, 0.05) is 6.04 Å². The molecule has 2 aromatic rings. The van der Waals surface area contributed by atoms with Gasteiger partial charge >= 0.3 is 0 Å². The zero-order valence-electron chi connectivity index (χ0n) is 11.6. The molecule has 0 radical (unpaired) electrons. The summed E-state index contributed by atoms with van der Waals surface area (Å²) < 4.78 is 2.18. The number of benzene rings is 1. The molecule has 0 bridgehead atoms. The van der Waals surface area contributed by atoms with Gasteiger partial charge in [0.05, 0.1) is 11.0 Å². The molecule has 1 unspecified atom stereocenters. The van der Waals surface area contributed by atoms with E-state index in [0.29, 0.717) is 12.0 Å². The lowest BCUT2D eigenvalue weighted by atomic mass is 10.1. The number of aryl methyl sites for hydroxylation is 1. The molecule has 1 aromatic carbocycles. The zero-order valence-corrected chi connectivity index (χ0v) is 11.6. The summed E-state index contributed by atoms with van der Waals surface area (Å²) in [5.74, 6) is 0.642. The van der Waals surface area contributed by atoms with E-state index in [1.807, 2.05) is 0 Å². The number of unbranched alkanes of at least 4 members (excludes halogenated alkanes) is 2. The second-order valence-corrected chi connectivity index (χ2v) is 5.13. The number of anilines is 1. The average Bonchev–Trinajstić information content (AvgIpc) is 2.67. The highest BCUT2D eigenvalue weighted by molar-refractivity contribution is 5.81. The predicted molar refractivity (Wildman–Crippen MR) is 77.7 cm³/mol. The molecule has 0 amide bonds. The summed E-state index contributed by atoms with van der Waals surface area (Å²) >= 11 is 0. The number of hydrogen-bond acceptors (Lipinski definition) is 2. The standard InChI is InChI=1S/C15H23N3/c1-4-5-6-9-12(3)18-13-10-7-8-11(2)14(13)17-15(18)16/h7-8,10,12H,4-6,9H2,1-3H3,(H2,16,17). The number of aromatic nitrogens is 2. The quantitative estimate of drug-likeness (QED) is 0.807. The molecule has 98 valence electrons. The molecular formula is C15H23N3. The number of rotatable bonds is 5. The minimum absolute atomic E-state index is 0.420. The first-order valence-corrected chi connectivity index (χ1v) is 6.88.